The number of urea groups is 1. The van der Waals surface area contributed by atoms with Gasteiger partial charge < -0.3 is 20.4 Å². The van der Waals surface area contributed by atoms with Gasteiger partial charge in [-0.15, -0.1) is 0 Å². The largest absolute Gasteiger partial charge is 0.480 e. The number of nitrogens with zero attached hydrogens (tertiary/aromatic N) is 1. The van der Waals surface area contributed by atoms with Crippen molar-refractivity contribution in [3.05, 3.63) is 0 Å². The van der Waals surface area contributed by atoms with Crippen molar-refractivity contribution in [3.63, 3.8) is 0 Å². The number of aliphatic carboxylic acids is 1. The average Bonchev–Trinajstić information content (AvgIpc) is 2.14. The minimum atomic E-state index is -1.09. The molecular formula is C8H16N2O4. The van der Waals surface area contributed by atoms with Crippen molar-refractivity contribution < 1.29 is 19.8 Å². The lowest BCUT2D eigenvalue weighted by atomic mass is 10.3. The zero-order chi connectivity index (χ0) is 11.3. The minimum absolute atomic E-state index is 0.161. The van der Waals surface area contributed by atoms with E-state index in [1.54, 1.807) is 6.92 Å². The summed E-state index contributed by atoms with van der Waals surface area (Å²) in [7, 11) is 1.49. The van der Waals surface area contributed by atoms with Crippen LogP contribution in [0, 0.1) is 0 Å². The number of carboxylic acids is 1. The Bertz CT molecular complexity index is 219. The van der Waals surface area contributed by atoms with Crippen LogP contribution in [0.3, 0.4) is 0 Å². The maximum atomic E-state index is 11.3. The summed E-state index contributed by atoms with van der Waals surface area (Å²) in [6.07, 6.45) is 0. The van der Waals surface area contributed by atoms with Gasteiger partial charge in [0.05, 0.1) is 12.6 Å². The number of aliphatic hydroxyl groups excluding tert-OH is 1. The standard InChI is InChI=1S/C8H16N2O4/c1-5(4-11)10(3)8(14)9-6(2)7(12)13/h5-6,11H,4H2,1-3H3,(H,9,14)(H,12,13). The zero-order valence-corrected chi connectivity index (χ0v) is 8.52. The second-order valence-electron chi connectivity index (χ2n) is 3.15. The molecule has 2 amide bonds. The molecule has 0 aliphatic rings. The number of nitrogens with one attached hydrogen (secondary N) is 1. The van der Waals surface area contributed by atoms with Crippen molar-refractivity contribution in [2.75, 3.05) is 13.7 Å². The SMILES string of the molecule is CC(NC(=O)N(C)C(C)CO)C(=O)O. The second kappa shape index (κ2) is 5.43. The van der Waals surface area contributed by atoms with E-state index in [0.29, 0.717) is 0 Å². The molecular weight excluding hydrogens is 188 g/mol. The van der Waals surface area contributed by atoms with E-state index in [9.17, 15) is 9.59 Å². The Morgan fingerprint density at radius 2 is 1.93 bits per heavy atom. The van der Waals surface area contributed by atoms with Crippen LogP contribution >= 0.6 is 0 Å². The molecule has 0 spiro atoms. The van der Waals surface area contributed by atoms with Crippen molar-refractivity contribution in [2.45, 2.75) is 25.9 Å². The maximum absolute atomic E-state index is 11.3. The van der Waals surface area contributed by atoms with Gasteiger partial charge in [0.2, 0.25) is 0 Å². The third-order valence-corrected chi connectivity index (χ3v) is 1.96. The van der Waals surface area contributed by atoms with Gasteiger partial charge in [-0.25, -0.2) is 4.79 Å². The number of carbonyl (C=O) groups is 2. The Hall–Kier alpha value is -1.30. The highest BCUT2D eigenvalue weighted by molar-refractivity contribution is 5.82. The number of carbonyl (C=O) groups excluding carboxylic acids is 1. The Morgan fingerprint density at radius 3 is 2.29 bits per heavy atom. The third-order valence-electron chi connectivity index (χ3n) is 1.96. The molecule has 0 fully saturated rings. The fourth-order valence-electron chi connectivity index (χ4n) is 0.671. The second-order valence-corrected chi connectivity index (χ2v) is 3.15. The number of carboxylic acid groups (broad SMARTS) is 1. The molecule has 2 atom stereocenters. The molecule has 0 aliphatic heterocycles. The predicted octanol–water partition coefficient (Wildman–Crippen LogP) is -0.518. The van der Waals surface area contributed by atoms with Crippen molar-refractivity contribution in [3.8, 4) is 0 Å². The van der Waals surface area contributed by atoms with E-state index in [1.165, 1.54) is 18.9 Å². The van der Waals surface area contributed by atoms with Gasteiger partial charge in [0, 0.05) is 7.05 Å². The molecule has 14 heavy (non-hydrogen) atoms. The van der Waals surface area contributed by atoms with Gasteiger partial charge in [0.15, 0.2) is 0 Å². The summed E-state index contributed by atoms with van der Waals surface area (Å²) < 4.78 is 0. The number of hydrogen-bond donors (Lipinski definition) is 3. The van der Waals surface area contributed by atoms with Crippen LogP contribution in [0.4, 0.5) is 4.79 Å². The first-order chi connectivity index (χ1) is 6.40. The molecule has 3 N–H and O–H groups in total. The summed E-state index contributed by atoms with van der Waals surface area (Å²) in [5, 5.41) is 19.6. The summed E-state index contributed by atoms with van der Waals surface area (Å²) in [6, 6.07) is -1.78. The van der Waals surface area contributed by atoms with Gasteiger partial charge in [0.25, 0.3) is 0 Å². The van der Waals surface area contributed by atoms with E-state index < -0.39 is 18.0 Å². The molecule has 0 saturated carbocycles. The Morgan fingerprint density at radius 1 is 1.43 bits per heavy atom. The highest BCUT2D eigenvalue weighted by atomic mass is 16.4. The highest BCUT2D eigenvalue weighted by Crippen LogP contribution is 1.95. The van der Waals surface area contributed by atoms with Crippen molar-refractivity contribution >= 4 is 12.0 Å². The van der Waals surface area contributed by atoms with Crippen LogP contribution in [0.15, 0.2) is 0 Å². The van der Waals surface area contributed by atoms with E-state index in [-0.39, 0.29) is 12.6 Å². The smallest absolute Gasteiger partial charge is 0.325 e. The predicted molar refractivity (Wildman–Crippen MR) is 49.9 cm³/mol. The van der Waals surface area contributed by atoms with E-state index in [2.05, 4.69) is 5.32 Å². The van der Waals surface area contributed by atoms with Crippen LogP contribution in [-0.4, -0.2) is 52.9 Å². The fourth-order valence-corrected chi connectivity index (χ4v) is 0.671. The molecule has 82 valence electrons. The summed E-state index contributed by atoms with van der Waals surface area (Å²) in [5.74, 6) is -1.09. The molecule has 0 aliphatic carbocycles. The summed E-state index contributed by atoms with van der Waals surface area (Å²) >= 11 is 0. The zero-order valence-electron chi connectivity index (χ0n) is 8.52. The lowest BCUT2D eigenvalue weighted by Gasteiger charge is -2.24. The molecule has 0 aromatic carbocycles. The maximum Gasteiger partial charge on any atom is 0.325 e. The Labute approximate surface area is 82.5 Å². The van der Waals surface area contributed by atoms with Gasteiger partial charge in [-0.1, -0.05) is 0 Å². The van der Waals surface area contributed by atoms with Gasteiger partial charge >= 0.3 is 12.0 Å². The summed E-state index contributed by atoms with van der Waals surface area (Å²) in [4.78, 5) is 23.0. The molecule has 0 aromatic rings. The molecule has 0 radical (unpaired) electrons. The number of likely N-dealkylation sites (N-methyl/N-ethyl adjacent to an activating group) is 1. The van der Waals surface area contributed by atoms with Crippen LogP contribution < -0.4 is 5.32 Å². The first-order valence-corrected chi connectivity index (χ1v) is 4.27. The molecule has 0 bridgehead atoms. The molecule has 2 unspecified atom stereocenters. The molecule has 0 heterocycles. The van der Waals surface area contributed by atoms with Crippen molar-refractivity contribution in [1.82, 2.24) is 10.2 Å². The monoisotopic (exact) mass is 204 g/mol. The Balaban J connectivity index is 4.14. The lowest BCUT2D eigenvalue weighted by molar-refractivity contribution is -0.138. The molecule has 0 saturated heterocycles. The van der Waals surface area contributed by atoms with Crippen LogP contribution in [0.2, 0.25) is 0 Å². The van der Waals surface area contributed by atoms with E-state index in [4.69, 9.17) is 10.2 Å². The molecule has 6 nitrogen and oxygen atoms in total. The average molecular weight is 204 g/mol. The van der Waals surface area contributed by atoms with Crippen LogP contribution in [0.25, 0.3) is 0 Å². The van der Waals surface area contributed by atoms with E-state index in [0.717, 1.165) is 0 Å². The quantitative estimate of drug-likeness (QED) is 0.575. The minimum Gasteiger partial charge on any atom is -0.480 e. The number of rotatable bonds is 4. The van der Waals surface area contributed by atoms with Crippen LogP contribution in [0.1, 0.15) is 13.8 Å². The summed E-state index contributed by atoms with van der Waals surface area (Å²) in [5.41, 5.74) is 0. The van der Waals surface area contributed by atoms with Crippen LogP contribution in [-0.2, 0) is 4.79 Å². The third kappa shape index (κ3) is 3.61. The molecule has 6 heteroatoms. The molecule has 0 aromatic heterocycles. The van der Waals surface area contributed by atoms with Gasteiger partial charge in [0.1, 0.15) is 6.04 Å². The van der Waals surface area contributed by atoms with E-state index in [1.807, 2.05) is 0 Å². The molecule has 0 rings (SSSR count). The number of hydrogen-bond acceptors (Lipinski definition) is 3. The lowest BCUT2D eigenvalue weighted by Crippen LogP contribution is -2.48. The first-order valence-electron chi connectivity index (χ1n) is 4.27. The first kappa shape index (κ1) is 12.7. The van der Waals surface area contributed by atoms with Crippen LogP contribution in [0.5, 0.6) is 0 Å². The summed E-state index contributed by atoms with van der Waals surface area (Å²) in [6.45, 7) is 2.87. The van der Waals surface area contributed by atoms with Crippen molar-refractivity contribution in [1.29, 1.82) is 0 Å². The topological polar surface area (TPSA) is 89.9 Å². The number of amides is 2. The van der Waals surface area contributed by atoms with Gasteiger partial charge in [-0.05, 0) is 13.8 Å². The van der Waals surface area contributed by atoms with Gasteiger partial charge in [-0.3, -0.25) is 4.79 Å². The Kier molecular flexibility index (Phi) is 4.93. The fraction of sp³-hybridized carbons (Fsp3) is 0.750. The highest BCUT2D eigenvalue weighted by Gasteiger charge is 2.19. The van der Waals surface area contributed by atoms with Gasteiger partial charge in [-0.2, -0.15) is 0 Å². The number of aliphatic hydroxyl groups is 1. The normalized spacial score (nSPS) is 14.3. The van der Waals surface area contributed by atoms with E-state index >= 15 is 0 Å². The van der Waals surface area contributed by atoms with Crippen molar-refractivity contribution in [2.24, 2.45) is 0 Å².